The fourth-order valence-corrected chi connectivity index (χ4v) is 2.58. The summed E-state index contributed by atoms with van der Waals surface area (Å²) in [7, 11) is 0. The maximum atomic E-state index is 14.6. The summed E-state index contributed by atoms with van der Waals surface area (Å²) >= 11 is 0. The number of hydrogen-bond donors (Lipinski definition) is 1. The fourth-order valence-electron chi connectivity index (χ4n) is 2.58. The summed E-state index contributed by atoms with van der Waals surface area (Å²) in [6, 6.07) is 9.07. The van der Waals surface area contributed by atoms with Crippen LogP contribution in [0.15, 0.2) is 36.5 Å². The van der Waals surface area contributed by atoms with Gasteiger partial charge >= 0.3 is 5.97 Å². The van der Waals surface area contributed by atoms with Crippen molar-refractivity contribution in [2.24, 2.45) is 0 Å². The van der Waals surface area contributed by atoms with Gasteiger partial charge in [-0.3, -0.25) is 14.6 Å². The molecule has 0 bridgehead atoms. The Balaban J connectivity index is 1.98. The highest BCUT2D eigenvalue weighted by molar-refractivity contribution is 6.06. The van der Waals surface area contributed by atoms with Crippen molar-refractivity contribution in [3.05, 3.63) is 36.5 Å². The lowest BCUT2D eigenvalue weighted by Crippen LogP contribution is -2.42. The maximum absolute atomic E-state index is 14.6. The molecule has 138 valence electrons. The van der Waals surface area contributed by atoms with Gasteiger partial charge in [0.1, 0.15) is 0 Å². The smallest absolute Gasteiger partial charge is 0.351 e. The Morgan fingerprint density at radius 1 is 1.23 bits per heavy atom. The highest BCUT2D eigenvalue weighted by Gasteiger charge is 2.44. The molecule has 1 heterocycles. The van der Waals surface area contributed by atoms with Crippen molar-refractivity contribution in [1.29, 1.82) is 0 Å². The van der Waals surface area contributed by atoms with E-state index in [9.17, 15) is 18.8 Å². The molecule has 0 aliphatic carbocycles. The summed E-state index contributed by atoms with van der Waals surface area (Å²) in [5, 5.41) is 3.61. The number of para-hydroxylation sites is 1. The molecule has 26 heavy (non-hydrogen) atoms. The molecule has 1 N–H and O–H groups in total. The van der Waals surface area contributed by atoms with Crippen molar-refractivity contribution < 1.29 is 23.5 Å². The average molecular weight is 360 g/mol. The summed E-state index contributed by atoms with van der Waals surface area (Å²) in [6.07, 6.45) is 1.21. The molecule has 2 aromatic rings. The van der Waals surface area contributed by atoms with Crippen LogP contribution >= 0.6 is 0 Å². The Bertz CT molecular complexity index is 819. The number of nitrogens with zero attached hydrogens (tertiary/aromatic N) is 1. The van der Waals surface area contributed by atoms with E-state index in [1.54, 1.807) is 24.4 Å². The molecule has 1 unspecified atom stereocenters. The van der Waals surface area contributed by atoms with E-state index in [2.05, 4.69) is 15.0 Å². The van der Waals surface area contributed by atoms with Gasteiger partial charge in [-0.2, -0.15) is 0 Å². The number of halogens is 1. The van der Waals surface area contributed by atoms with Crippen molar-refractivity contribution in [1.82, 2.24) is 4.98 Å². The molecule has 0 saturated carbocycles. The van der Waals surface area contributed by atoms with Crippen molar-refractivity contribution in [3.63, 3.8) is 0 Å². The van der Waals surface area contributed by atoms with Crippen LogP contribution in [-0.4, -0.2) is 34.9 Å². The minimum atomic E-state index is -2.71. The number of rotatable bonds is 8. The normalized spacial score (nSPS) is 13.0. The number of benzene rings is 1. The number of Topliss-reactive ketones (excluding diaryl/α,β-unsaturated/α-hetero) is 1. The van der Waals surface area contributed by atoms with Gasteiger partial charge in [-0.15, -0.1) is 0 Å². The zero-order valence-electron chi connectivity index (χ0n) is 14.8. The highest BCUT2D eigenvalue weighted by atomic mass is 19.1. The molecular formula is C19H21FN2O4. The quantitative estimate of drug-likeness (QED) is 0.577. The molecule has 7 heteroatoms. The molecule has 0 radical (unpaired) electrons. The van der Waals surface area contributed by atoms with Crippen LogP contribution in [0.5, 0.6) is 0 Å². The largest absolute Gasteiger partial charge is 0.463 e. The van der Waals surface area contributed by atoms with Crippen LogP contribution < -0.4 is 5.32 Å². The van der Waals surface area contributed by atoms with E-state index >= 15 is 0 Å². The van der Waals surface area contributed by atoms with E-state index in [1.165, 1.54) is 6.92 Å². The van der Waals surface area contributed by atoms with Gasteiger partial charge in [-0.1, -0.05) is 18.2 Å². The number of ether oxygens (including phenoxy) is 1. The van der Waals surface area contributed by atoms with Crippen molar-refractivity contribution in [2.45, 2.75) is 38.8 Å². The zero-order chi connectivity index (χ0) is 19.2. The summed E-state index contributed by atoms with van der Waals surface area (Å²) in [5.74, 6) is -2.47. The third-order valence-corrected chi connectivity index (χ3v) is 3.99. The number of amides is 1. The second-order valence-electron chi connectivity index (χ2n) is 5.86. The van der Waals surface area contributed by atoms with Crippen molar-refractivity contribution in [3.8, 4) is 0 Å². The van der Waals surface area contributed by atoms with E-state index < -0.39 is 23.8 Å². The number of ketones is 1. The van der Waals surface area contributed by atoms with E-state index in [-0.39, 0.29) is 25.4 Å². The van der Waals surface area contributed by atoms with E-state index in [4.69, 9.17) is 0 Å². The highest BCUT2D eigenvalue weighted by Crippen LogP contribution is 2.24. The average Bonchev–Trinajstić information content (AvgIpc) is 2.62. The predicted molar refractivity (Wildman–Crippen MR) is 95.4 cm³/mol. The molecule has 0 aliphatic rings. The van der Waals surface area contributed by atoms with E-state index in [1.807, 2.05) is 12.1 Å². The van der Waals surface area contributed by atoms with Crippen LogP contribution in [-0.2, 0) is 19.1 Å². The summed E-state index contributed by atoms with van der Waals surface area (Å²) in [6.45, 7) is 2.51. The molecule has 1 aromatic carbocycles. The molecule has 1 amide bonds. The number of carbonyl (C=O) groups excluding carboxylic acids is 3. The monoisotopic (exact) mass is 360 g/mol. The van der Waals surface area contributed by atoms with Gasteiger partial charge in [0.05, 0.1) is 17.8 Å². The van der Waals surface area contributed by atoms with Gasteiger partial charge in [0, 0.05) is 24.4 Å². The Morgan fingerprint density at radius 2 is 1.96 bits per heavy atom. The minimum absolute atomic E-state index is 0.0215. The molecule has 0 fully saturated rings. The van der Waals surface area contributed by atoms with Crippen molar-refractivity contribution in [2.75, 3.05) is 11.9 Å². The number of alkyl halides is 1. The third kappa shape index (κ3) is 4.41. The summed E-state index contributed by atoms with van der Waals surface area (Å²) in [4.78, 5) is 39.6. The molecular weight excluding hydrogens is 339 g/mol. The molecule has 1 aromatic heterocycles. The number of nitrogens with one attached hydrogen (secondary N) is 1. The van der Waals surface area contributed by atoms with Crippen LogP contribution in [0.2, 0.25) is 0 Å². The number of hydrogen-bond acceptors (Lipinski definition) is 5. The standard InChI is InChI=1S/C19H21FN2O4/c1-3-26-18(25)19(20,13(2)23)11-5-10-16(24)22-15-9-4-7-14-8-6-12-21-17(14)15/h4,6-9,12H,3,5,10-11H2,1-2H3,(H,22,24). The Hall–Kier alpha value is -2.83. The van der Waals surface area contributed by atoms with Crippen LogP contribution in [0, 0.1) is 0 Å². The lowest BCUT2D eigenvalue weighted by atomic mass is 9.94. The lowest BCUT2D eigenvalue weighted by molar-refractivity contribution is -0.162. The van der Waals surface area contributed by atoms with Gasteiger partial charge in [-0.25, -0.2) is 9.18 Å². The van der Waals surface area contributed by atoms with Gasteiger partial charge in [0.25, 0.3) is 5.67 Å². The molecule has 6 nitrogen and oxygen atoms in total. The SMILES string of the molecule is CCOC(=O)C(F)(CCCC(=O)Nc1cccc2cccnc12)C(C)=O. The fraction of sp³-hybridized carbons (Fsp3) is 0.368. The van der Waals surface area contributed by atoms with Gasteiger partial charge in [0.15, 0.2) is 5.78 Å². The van der Waals surface area contributed by atoms with Crippen LogP contribution in [0.4, 0.5) is 10.1 Å². The second-order valence-corrected chi connectivity index (χ2v) is 5.86. The number of carbonyl (C=O) groups is 3. The predicted octanol–water partition coefficient (Wildman–Crippen LogP) is 3.20. The lowest BCUT2D eigenvalue weighted by Gasteiger charge is -2.20. The molecule has 2 rings (SSSR count). The zero-order valence-corrected chi connectivity index (χ0v) is 14.8. The Morgan fingerprint density at radius 3 is 2.65 bits per heavy atom. The van der Waals surface area contributed by atoms with Gasteiger partial charge in [-0.05, 0) is 32.4 Å². The molecule has 0 spiro atoms. The first-order valence-electron chi connectivity index (χ1n) is 8.39. The third-order valence-electron chi connectivity index (χ3n) is 3.99. The number of anilines is 1. The van der Waals surface area contributed by atoms with Gasteiger partial charge in [0.2, 0.25) is 5.91 Å². The number of fused-ring (bicyclic) bond motifs is 1. The number of esters is 1. The van der Waals surface area contributed by atoms with Gasteiger partial charge < -0.3 is 10.1 Å². The molecule has 0 saturated heterocycles. The maximum Gasteiger partial charge on any atom is 0.351 e. The Labute approximate surface area is 150 Å². The van der Waals surface area contributed by atoms with Crippen LogP contribution in [0.25, 0.3) is 10.9 Å². The van der Waals surface area contributed by atoms with Crippen LogP contribution in [0.1, 0.15) is 33.1 Å². The molecule has 1 atom stereocenters. The van der Waals surface area contributed by atoms with Crippen LogP contribution in [0.3, 0.4) is 0 Å². The second kappa shape index (κ2) is 8.51. The van der Waals surface area contributed by atoms with E-state index in [0.717, 1.165) is 12.3 Å². The first kappa shape index (κ1) is 19.5. The molecule has 0 aliphatic heterocycles. The number of pyridine rings is 1. The Kier molecular flexibility index (Phi) is 6.38. The first-order chi connectivity index (χ1) is 12.4. The minimum Gasteiger partial charge on any atom is -0.463 e. The first-order valence-corrected chi connectivity index (χ1v) is 8.39. The summed E-state index contributed by atoms with van der Waals surface area (Å²) in [5.41, 5.74) is -1.51. The van der Waals surface area contributed by atoms with Crippen molar-refractivity contribution >= 4 is 34.3 Å². The van der Waals surface area contributed by atoms with E-state index in [0.29, 0.717) is 11.2 Å². The summed E-state index contributed by atoms with van der Waals surface area (Å²) < 4.78 is 19.2. The number of aromatic nitrogens is 1. The topological polar surface area (TPSA) is 85.4 Å².